The molecule has 0 bridgehead atoms. The molecule has 4 nitrogen and oxygen atoms in total. The van der Waals surface area contributed by atoms with Crippen molar-refractivity contribution < 1.29 is 9.53 Å². The number of ether oxygens (including phenoxy) is 1. The third kappa shape index (κ3) is 3.50. The van der Waals surface area contributed by atoms with Crippen LogP contribution >= 0.6 is 0 Å². The lowest BCUT2D eigenvalue weighted by Gasteiger charge is -2.10. The molecule has 0 aliphatic heterocycles. The predicted octanol–water partition coefficient (Wildman–Crippen LogP) is 2.53. The van der Waals surface area contributed by atoms with Crippen molar-refractivity contribution in [3.8, 4) is 0 Å². The van der Waals surface area contributed by atoms with Crippen LogP contribution in [0.5, 0.6) is 0 Å². The van der Waals surface area contributed by atoms with Gasteiger partial charge >= 0.3 is 6.09 Å². The zero-order valence-corrected chi connectivity index (χ0v) is 9.20. The van der Waals surface area contributed by atoms with E-state index in [0.717, 1.165) is 5.56 Å². The van der Waals surface area contributed by atoms with E-state index in [1.165, 1.54) is 0 Å². The van der Waals surface area contributed by atoms with Crippen LogP contribution in [-0.2, 0) is 4.74 Å². The molecule has 1 amide bonds. The molecular formula is C11H16N2O2. The highest BCUT2D eigenvalue weighted by atomic mass is 16.6. The van der Waals surface area contributed by atoms with Crippen LogP contribution in [-0.4, -0.2) is 12.2 Å². The summed E-state index contributed by atoms with van der Waals surface area (Å²) in [5, 5.41) is 2.62. The summed E-state index contributed by atoms with van der Waals surface area (Å²) >= 11 is 0. The highest BCUT2D eigenvalue weighted by Crippen LogP contribution is 2.16. The number of hydrogen-bond donors (Lipinski definition) is 2. The van der Waals surface area contributed by atoms with Crippen molar-refractivity contribution in [2.45, 2.75) is 26.9 Å². The summed E-state index contributed by atoms with van der Waals surface area (Å²) in [6.45, 7) is 5.48. The number of nitrogen functional groups attached to an aromatic ring is 1. The smallest absolute Gasteiger partial charge is 0.411 e. The van der Waals surface area contributed by atoms with Crippen LogP contribution in [0.25, 0.3) is 0 Å². The SMILES string of the molecule is Cc1cc(NC(=O)OC(C)C)ccc1N. The first-order valence-corrected chi connectivity index (χ1v) is 4.83. The molecule has 1 aromatic rings. The summed E-state index contributed by atoms with van der Waals surface area (Å²) in [4.78, 5) is 11.3. The van der Waals surface area contributed by atoms with E-state index >= 15 is 0 Å². The number of amides is 1. The van der Waals surface area contributed by atoms with E-state index in [4.69, 9.17) is 10.5 Å². The van der Waals surface area contributed by atoms with Crippen LogP contribution in [0.3, 0.4) is 0 Å². The summed E-state index contributed by atoms with van der Waals surface area (Å²) in [6, 6.07) is 5.29. The molecule has 0 fully saturated rings. The Kier molecular flexibility index (Phi) is 3.55. The van der Waals surface area contributed by atoms with Gasteiger partial charge in [-0.25, -0.2) is 4.79 Å². The van der Waals surface area contributed by atoms with Crippen molar-refractivity contribution >= 4 is 17.5 Å². The summed E-state index contributed by atoms with van der Waals surface area (Å²) in [5.41, 5.74) is 7.98. The Labute approximate surface area is 89.4 Å². The predicted molar refractivity (Wildman–Crippen MR) is 60.8 cm³/mol. The summed E-state index contributed by atoms with van der Waals surface area (Å²) in [7, 11) is 0. The lowest BCUT2D eigenvalue weighted by atomic mass is 10.2. The molecule has 0 unspecified atom stereocenters. The number of aryl methyl sites for hydroxylation is 1. The number of benzene rings is 1. The van der Waals surface area contributed by atoms with Crippen LogP contribution in [0.4, 0.5) is 16.2 Å². The number of carbonyl (C=O) groups excluding carboxylic acids is 1. The van der Waals surface area contributed by atoms with Gasteiger partial charge in [0.05, 0.1) is 6.10 Å². The van der Waals surface area contributed by atoms with Gasteiger partial charge in [-0.2, -0.15) is 0 Å². The molecule has 1 aromatic carbocycles. The van der Waals surface area contributed by atoms with Gasteiger partial charge in [0.25, 0.3) is 0 Å². The molecule has 3 N–H and O–H groups in total. The maximum absolute atomic E-state index is 11.3. The first kappa shape index (κ1) is 11.4. The highest BCUT2D eigenvalue weighted by molar-refractivity contribution is 5.85. The molecule has 0 spiro atoms. The molecule has 0 aliphatic carbocycles. The van der Waals surface area contributed by atoms with Crippen molar-refractivity contribution in [1.29, 1.82) is 0 Å². The van der Waals surface area contributed by atoms with Crippen molar-refractivity contribution in [1.82, 2.24) is 0 Å². The second kappa shape index (κ2) is 4.68. The largest absolute Gasteiger partial charge is 0.447 e. The van der Waals surface area contributed by atoms with E-state index in [1.807, 2.05) is 6.92 Å². The van der Waals surface area contributed by atoms with E-state index in [2.05, 4.69) is 5.32 Å². The first-order valence-electron chi connectivity index (χ1n) is 4.83. The fourth-order valence-electron chi connectivity index (χ4n) is 1.11. The van der Waals surface area contributed by atoms with E-state index < -0.39 is 6.09 Å². The topological polar surface area (TPSA) is 64.3 Å². The van der Waals surface area contributed by atoms with Gasteiger partial charge < -0.3 is 10.5 Å². The molecule has 0 heterocycles. The highest BCUT2D eigenvalue weighted by Gasteiger charge is 2.05. The Balaban J connectivity index is 2.65. The van der Waals surface area contributed by atoms with Gasteiger partial charge in [0.2, 0.25) is 0 Å². The zero-order chi connectivity index (χ0) is 11.4. The summed E-state index contributed by atoms with van der Waals surface area (Å²) < 4.78 is 4.94. The third-order valence-corrected chi connectivity index (χ3v) is 1.86. The monoisotopic (exact) mass is 208 g/mol. The van der Waals surface area contributed by atoms with Gasteiger partial charge in [-0.05, 0) is 44.5 Å². The maximum atomic E-state index is 11.3. The van der Waals surface area contributed by atoms with Crippen molar-refractivity contribution in [3.63, 3.8) is 0 Å². The molecule has 1 rings (SSSR count). The number of rotatable bonds is 2. The molecule has 0 saturated carbocycles. The van der Waals surface area contributed by atoms with Crippen molar-refractivity contribution in [2.75, 3.05) is 11.1 Å². The van der Waals surface area contributed by atoms with Gasteiger partial charge in [-0.3, -0.25) is 5.32 Å². The number of hydrogen-bond acceptors (Lipinski definition) is 3. The van der Waals surface area contributed by atoms with Crippen LogP contribution in [0.15, 0.2) is 18.2 Å². The Morgan fingerprint density at radius 1 is 1.47 bits per heavy atom. The molecule has 0 aromatic heterocycles. The van der Waals surface area contributed by atoms with E-state index in [1.54, 1.807) is 32.0 Å². The summed E-state index contributed by atoms with van der Waals surface area (Å²) in [5.74, 6) is 0. The molecular weight excluding hydrogens is 192 g/mol. The Bertz CT molecular complexity index is 362. The minimum Gasteiger partial charge on any atom is -0.447 e. The van der Waals surface area contributed by atoms with E-state index in [0.29, 0.717) is 11.4 Å². The molecule has 4 heteroatoms. The van der Waals surface area contributed by atoms with Gasteiger partial charge in [-0.15, -0.1) is 0 Å². The standard InChI is InChI=1S/C11H16N2O2/c1-7(2)15-11(14)13-9-4-5-10(12)8(3)6-9/h4-7H,12H2,1-3H3,(H,13,14). The molecule has 0 atom stereocenters. The quantitative estimate of drug-likeness (QED) is 0.734. The fraction of sp³-hybridized carbons (Fsp3) is 0.364. The van der Waals surface area contributed by atoms with Gasteiger partial charge in [0, 0.05) is 11.4 Å². The third-order valence-electron chi connectivity index (χ3n) is 1.86. The Morgan fingerprint density at radius 3 is 2.67 bits per heavy atom. The van der Waals surface area contributed by atoms with Crippen LogP contribution in [0.2, 0.25) is 0 Å². The second-order valence-corrected chi connectivity index (χ2v) is 3.65. The van der Waals surface area contributed by atoms with Crippen LogP contribution in [0.1, 0.15) is 19.4 Å². The lowest BCUT2D eigenvalue weighted by Crippen LogP contribution is -2.18. The van der Waals surface area contributed by atoms with Gasteiger partial charge in [0.15, 0.2) is 0 Å². The first-order chi connectivity index (χ1) is 6.99. The maximum Gasteiger partial charge on any atom is 0.411 e. The molecule has 0 aliphatic rings. The van der Waals surface area contributed by atoms with Gasteiger partial charge in [-0.1, -0.05) is 0 Å². The Hall–Kier alpha value is -1.71. The van der Waals surface area contributed by atoms with Crippen molar-refractivity contribution in [2.24, 2.45) is 0 Å². The van der Waals surface area contributed by atoms with Crippen LogP contribution in [0, 0.1) is 6.92 Å². The zero-order valence-electron chi connectivity index (χ0n) is 9.20. The molecule has 15 heavy (non-hydrogen) atoms. The number of nitrogens with one attached hydrogen (secondary N) is 1. The number of carbonyl (C=O) groups is 1. The normalized spacial score (nSPS) is 10.1. The minimum absolute atomic E-state index is 0.125. The van der Waals surface area contributed by atoms with Crippen LogP contribution < -0.4 is 11.1 Å². The van der Waals surface area contributed by atoms with Crippen molar-refractivity contribution in [3.05, 3.63) is 23.8 Å². The minimum atomic E-state index is -0.450. The van der Waals surface area contributed by atoms with Gasteiger partial charge in [0.1, 0.15) is 0 Å². The Morgan fingerprint density at radius 2 is 2.13 bits per heavy atom. The average molecular weight is 208 g/mol. The van der Waals surface area contributed by atoms with E-state index in [9.17, 15) is 4.79 Å². The number of nitrogens with two attached hydrogens (primary N) is 1. The number of anilines is 2. The summed E-state index contributed by atoms with van der Waals surface area (Å²) in [6.07, 6.45) is -0.575. The fourth-order valence-corrected chi connectivity index (χ4v) is 1.11. The molecule has 0 saturated heterocycles. The average Bonchev–Trinajstić information content (AvgIpc) is 2.10. The molecule has 0 radical (unpaired) electrons. The van der Waals surface area contributed by atoms with E-state index in [-0.39, 0.29) is 6.10 Å². The second-order valence-electron chi connectivity index (χ2n) is 3.65. The molecule has 82 valence electrons. The lowest BCUT2D eigenvalue weighted by molar-refractivity contribution is 0.130.